The molecule has 0 saturated carbocycles. The molecular formula is C14H22BrN3O. The number of methoxy groups -OCH3 is 1. The van der Waals surface area contributed by atoms with Crippen molar-refractivity contribution >= 4 is 15.9 Å². The van der Waals surface area contributed by atoms with Crippen molar-refractivity contribution in [3.8, 4) is 5.75 Å². The Kier molecular flexibility index (Phi) is 5.21. The molecule has 1 heterocycles. The van der Waals surface area contributed by atoms with Crippen LogP contribution in [-0.2, 0) is 6.54 Å². The van der Waals surface area contributed by atoms with Crippen LogP contribution in [0.2, 0.25) is 0 Å². The highest BCUT2D eigenvalue weighted by molar-refractivity contribution is 9.10. The number of hydrogen-bond donors (Lipinski definition) is 1. The quantitative estimate of drug-likeness (QED) is 0.910. The SMILES string of the molecule is COc1ccc(Br)c(CN2CCN(C)CC2CN)c1. The number of nitrogens with two attached hydrogens (primary N) is 1. The number of nitrogens with zero attached hydrogens (tertiary/aromatic N) is 2. The molecule has 1 unspecified atom stereocenters. The lowest BCUT2D eigenvalue weighted by Crippen LogP contribution is -2.54. The van der Waals surface area contributed by atoms with Crippen LogP contribution in [0.25, 0.3) is 0 Å². The second kappa shape index (κ2) is 6.70. The molecule has 2 N–H and O–H groups in total. The van der Waals surface area contributed by atoms with E-state index >= 15 is 0 Å². The Bertz CT molecular complexity index is 427. The first kappa shape index (κ1) is 14.8. The predicted octanol–water partition coefficient (Wildman–Crippen LogP) is 1.53. The molecular weight excluding hydrogens is 306 g/mol. The molecule has 1 aromatic rings. The van der Waals surface area contributed by atoms with Gasteiger partial charge in [-0.15, -0.1) is 0 Å². The minimum absolute atomic E-state index is 0.428. The van der Waals surface area contributed by atoms with Gasteiger partial charge < -0.3 is 15.4 Å². The van der Waals surface area contributed by atoms with E-state index in [4.69, 9.17) is 10.5 Å². The minimum atomic E-state index is 0.428. The van der Waals surface area contributed by atoms with Gasteiger partial charge in [-0.2, -0.15) is 0 Å². The fraction of sp³-hybridized carbons (Fsp3) is 0.571. The van der Waals surface area contributed by atoms with Gasteiger partial charge in [0.1, 0.15) is 5.75 Å². The summed E-state index contributed by atoms with van der Waals surface area (Å²) >= 11 is 3.62. The molecule has 1 aliphatic rings. The van der Waals surface area contributed by atoms with Gasteiger partial charge in [0.15, 0.2) is 0 Å². The first-order valence-electron chi connectivity index (χ1n) is 6.59. The molecule has 1 atom stereocenters. The maximum absolute atomic E-state index is 5.90. The van der Waals surface area contributed by atoms with Crippen LogP contribution in [0.1, 0.15) is 5.56 Å². The highest BCUT2D eigenvalue weighted by atomic mass is 79.9. The lowest BCUT2D eigenvalue weighted by Gasteiger charge is -2.39. The van der Waals surface area contributed by atoms with Crippen molar-refractivity contribution in [1.29, 1.82) is 0 Å². The third-order valence-corrected chi connectivity index (χ3v) is 4.48. The molecule has 4 nitrogen and oxygen atoms in total. The molecule has 5 heteroatoms. The van der Waals surface area contributed by atoms with E-state index in [1.807, 2.05) is 12.1 Å². The summed E-state index contributed by atoms with van der Waals surface area (Å²) in [6.45, 7) is 4.80. The lowest BCUT2D eigenvalue weighted by molar-refractivity contribution is 0.0878. The summed E-state index contributed by atoms with van der Waals surface area (Å²) in [7, 11) is 3.85. The summed E-state index contributed by atoms with van der Waals surface area (Å²) in [6, 6.07) is 6.53. The van der Waals surface area contributed by atoms with E-state index in [2.05, 4.69) is 38.8 Å². The summed E-state index contributed by atoms with van der Waals surface area (Å²) in [6.07, 6.45) is 0. The van der Waals surface area contributed by atoms with E-state index in [1.54, 1.807) is 7.11 Å². The van der Waals surface area contributed by atoms with Gasteiger partial charge in [-0.3, -0.25) is 4.90 Å². The molecule has 1 aromatic carbocycles. The summed E-state index contributed by atoms with van der Waals surface area (Å²) in [5.41, 5.74) is 7.15. The topological polar surface area (TPSA) is 41.7 Å². The molecule has 0 bridgehead atoms. The van der Waals surface area contributed by atoms with E-state index in [1.165, 1.54) is 5.56 Å². The van der Waals surface area contributed by atoms with Crippen molar-refractivity contribution in [3.63, 3.8) is 0 Å². The number of rotatable bonds is 4. The molecule has 0 aromatic heterocycles. The van der Waals surface area contributed by atoms with Crippen molar-refractivity contribution in [1.82, 2.24) is 9.80 Å². The molecule has 0 amide bonds. The third kappa shape index (κ3) is 3.69. The first-order valence-corrected chi connectivity index (χ1v) is 7.38. The number of halogens is 1. The fourth-order valence-electron chi connectivity index (χ4n) is 2.50. The van der Waals surface area contributed by atoms with Gasteiger partial charge in [-0.25, -0.2) is 0 Å². The van der Waals surface area contributed by atoms with E-state index in [-0.39, 0.29) is 0 Å². The van der Waals surface area contributed by atoms with E-state index in [0.717, 1.165) is 36.4 Å². The Hall–Kier alpha value is -0.620. The van der Waals surface area contributed by atoms with Crippen LogP contribution in [0.15, 0.2) is 22.7 Å². The zero-order valence-corrected chi connectivity index (χ0v) is 13.2. The van der Waals surface area contributed by atoms with Gasteiger partial charge in [0, 0.05) is 43.2 Å². The van der Waals surface area contributed by atoms with Gasteiger partial charge in [0.05, 0.1) is 7.11 Å². The Labute approximate surface area is 123 Å². The van der Waals surface area contributed by atoms with Crippen LogP contribution >= 0.6 is 15.9 Å². The standard InChI is InChI=1S/C14H22BrN3O/c1-17-5-6-18(12(8-16)10-17)9-11-7-13(19-2)3-4-14(11)15/h3-4,7,12H,5-6,8-10,16H2,1-2H3. The largest absolute Gasteiger partial charge is 0.497 e. The number of piperazine rings is 1. The monoisotopic (exact) mass is 327 g/mol. The maximum atomic E-state index is 5.90. The second-order valence-corrected chi connectivity index (χ2v) is 5.93. The van der Waals surface area contributed by atoms with Crippen LogP contribution in [0.5, 0.6) is 5.75 Å². The Morgan fingerprint density at radius 2 is 2.21 bits per heavy atom. The van der Waals surface area contributed by atoms with Gasteiger partial charge in [0.2, 0.25) is 0 Å². The molecule has 0 spiro atoms. The number of likely N-dealkylation sites (N-methyl/N-ethyl adjacent to an activating group) is 1. The van der Waals surface area contributed by atoms with Crippen molar-refractivity contribution in [3.05, 3.63) is 28.2 Å². The molecule has 1 fully saturated rings. The second-order valence-electron chi connectivity index (χ2n) is 5.08. The number of ether oxygens (including phenoxy) is 1. The Balaban J connectivity index is 2.11. The summed E-state index contributed by atoms with van der Waals surface area (Å²) in [5.74, 6) is 0.900. The highest BCUT2D eigenvalue weighted by Gasteiger charge is 2.24. The maximum Gasteiger partial charge on any atom is 0.119 e. The molecule has 2 rings (SSSR count). The highest BCUT2D eigenvalue weighted by Crippen LogP contribution is 2.25. The molecule has 19 heavy (non-hydrogen) atoms. The van der Waals surface area contributed by atoms with Crippen molar-refractivity contribution in [2.24, 2.45) is 5.73 Å². The Morgan fingerprint density at radius 1 is 1.42 bits per heavy atom. The van der Waals surface area contributed by atoms with Crippen LogP contribution in [-0.4, -0.2) is 56.2 Å². The van der Waals surface area contributed by atoms with E-state index in [9.17, 15) is 0 Å². The third-order valence-electron chi connectivity index (χ3n) is 3.71. The molecule has 1 saturated heterocycles. The average molecular weight is 328 g/mol. The van der Waals surface area contributed by atoms with Crippen LogP contribution in [0.4, 0.5) is 0 Å². The average Bonchev–Trinajstić information content (AvgIpc) is 2.43. The lowest BCUT2D eigenvalue weighted by atomic mass is 10.1. The van der Waals surface area contributed by atoms with Crippen LogP contribution < -0.4 is 10.5 Å². The van der Waals surface area contributed by atoms with Crippen molar-refractivity contribution in [2.45, 2.75) is 12.6 Å². The number of benzene rings is 1. The summed E-state index contributed by atoms with van der Waals surface area (Å²) in [4.78, 5) is 4.80. The minimum Gasteiger partial charge on any atom is -0.497 e. The van der Waals surface area contributed by atoms with Gasteiger partial charge in [-0.1, -0.05) is 15.9 Å². The number of hydrogen-bond acceptors (Lipinski definition) is 4. The summed E-state index contributed by atoms with van der Waals surface area (Å²) < 4.78 is 6.42. The van der Waals surface area contributed by atoms with Crippen molar-refractivity contribution < 1.29 is 4.74 Å². The van der Waals surface area contributed by atoms with Gasteiger partial charge >= 0.3 is 0 Å². The molecule has 0 aliphatic carbocycles. The van der Waals surface area contributed by atoms with Crippen LogP contribution in [0, 0.1) is 0 Å². The molecule has 0 radical (unpaired) electrons. The predicted molar refractivity (Wildman–Crippen MR) is 81.4 cm³/mol. The smallest absolute Gasteiger partial charge is 0.119 e. The van der Waals surface area contributed by atoms with E-state index < -0.39 is 0 Å². The molecule has 1 aliphatic heterocycles. The fourth-order valence-corrected chi connectivity index (χ4v) is 2.87. The summed E-state index contributed by atoms with van der Waals surface area (Å²) in [5, 5.41) is 0. The van der Waals surface area contributed by atoms with Gasteiger partial charge in [0.25, 0.3) is 0 Å². The van der Waals surface area contributed by atoms with Crippen LogP contribution in [0.3, 0.4) is 0 Å². The van der Waals surface area contributed by atoms with Crippen molar-refractivity contribution in [2.75, 3.05) is 40.3 Å². The molecule has 106 valence electrons. The van der Waals surface area contributed by atoms with E-state index in [0.29, 0.717) is 12.6 Å². The Morgan fingerprint density at radius 3 is 2.89 bits per heavy atom. The normalized spacial score (nSPS) is 21.6. The van der Waals surface area contributed by atoms with Gasteiger partial charge in [-0.05, 0) is 30.8 Å². The first-order chi connectivity index (χ1) is 9.13. The zero-order valence-electron chi connectivity index (χ0n) is 11.6. The zero-order chi connectivity index (χ0) is 13.8.